The predicted molar refractivity (Wildman–Crippen MR) is 124 cm³/mol. The normalized spacial score (nSPS) is 10.8. The number of hydrogen-bond acceptors (Lipinski definition) is 8. The maximum absolute atomic E-state index is 13.0. The van der Waals surface area contributed by atoms with Gasteiger partial charge in [0.15, 0.2) is 11.5 Å². The van der Waals surface area contributed by atoms with E-state index in [1.165, 1.54) is 10.9 Å². The topological polar surface area (TPSA) is 100 Å². The molecule has 0 atom stereocenters. The highest BCUT2D eigenvalue weighted by atomic mass is 32.1. The van der Waals surface area contributed by atoms with E-state index in [-0.39, 0.29) is 19.1 Å². The number of nitrogens with one attached hydrogen (secondary N) is 1. The number of benzene rings is 1. The molecule has 170 valence electrons. The fourth-order valence-corrected chi connectivity index (χ4v) is 4.08. The van der Waals surface area contributed by atoms with E-state index in [1.807, 2.05) is 35.7 Å². The van der Waals surface area contributed by atoms with Gasteiger partial charge in [-0.1, -0.05) is 18.2 Å². The summed E-state index contributed by atoms with van der Waals surface area (Å²) in [6.07, 6.45) is 3.16. The molecule has 3 aromatic heterocycles. The first kappa shape index (κ1) is 22.4. The number of aromatic nitrogens is 4. The number of hydrogen-bond donors (Lipinski definition) is 1. The van der Waals surface area contributed by atoms with Crippen molar-refractivity contribution < 1.29 is 19.0 Å². The average Bonchev–Trinajstić information content (AvgIpc) is 3.53. The van der Waals surface area contributed by atoms with Crippen molar-refractivity contribution in [1.29, 1.82) is 0 Å². The van der Waals surface area contributed by atoms with Gasteiger partial charge in [-0.3, -0.25) is 4.79 Å². The van der Waals surface area contributed by atoms with E-state index in [2.05, 4.69) is 20.4 Å². The number of amides is 1. The van der Waals surface area contributed by atoms with Gasteiger partial charge in [-0.05, 0) is 23.6 Å². The Morgan fingerprint density at radius 2 is 2.00 bits per heavy atom. The molecule has 0 spiro atoms. The minimum absolute atomic E-state index is 0.165. The van der Waals surface area contributed by atoms with Crippen LogP contribution in [0.5, 0.6) is 11.5 Å². The molecule has 0 aliphatic heterocycles. The number of carbonyl (C=O) groups excluding carboxylic acids is 1. The van der Waals surface area contributed by atoms with E-state index in [0.717, 1.165) is 16.1 Å². The Balaban J connectivity index is 1.60. The molecule has 9 nitrogen and oxygen atoms in total. The molecule has 4 aromatic rings. The van der Waals surface area contributed by atoms with Gasteiger partial charge in [-0.25, -0.2) is 9.97 Å². The molecule has 3 heterocycles. The van der Waals surface area contributed by atoms with Crippen molar-refractivity contribution in [3.8, 4) is 28.0 Å². The van der Waals surface area contributed by atoms with Crippen LogP contribution in [0.15, 0.2) is 54.2 Å². The molecule has 1 aromatic carbocycles. The van der Waals surface area contributed by atoms with Crippen molar-refractivity contribution in [2.45, 2.75) is 13.2 Å². The van der Waals surface area contributed by atoms with Crippen LogP contribution in [0.4, 0.5) is 0 Å². The lowest BCUT2D eigenvalue weighted by molar-refractivity contribution is 0.0945. The summed E-state index contributed by atoms with van der Waals surface area (Å²) in [5.74, 6) is 1.24. The highest BCUT2D eigenvalue weighted by molar-refractivity contribution is 7.13. The van der Waals surface area contributed by atoms with Crippen LogP contribution in [0.25, 0.3) is 16.5 Å². The molecule has 4 rings (SSSR count). The van der Waals surface area contributed by atoms with Crippen molar-refractivity contribution in [1.82, 2.24) is 25.1 Å². The van der Waals surface area contributed by atoms with Crippen LogP contribution in [0, 0.1) is 0 Å². The van der Waals surface area contributed by atoms with Crippen molar-refractivity contribution in [3.05, 3.63) is 71.0 Å². The summed E-state index contributed by atoms with van der Waals surface area (Å²) in [6.45, 7) is 0.416. The van der Waals surface area contributed by atoms with Crippen molar-refractivity contribution in [2.75, 3.05) is 21.3 Å². The zero-order valence-corrected chi connectivity index (χ0v) is 19.3. The monoisotopic (exact) mass is 465 g/mol. The average molecular weight is 466 g/mol. The smallest absolute Gasteiger partial charge is 0.255 e. The largest absolute Gasteiger partial charge is 0.493 e. The lowest BCUT2D eigenvalue weighted by Crippen LogP contribution is -2.24. The Bertz CT molecular complexity index is 1240. The lowest BCUT2D eigenvalue weighted by atomic mass is 10.1. The molecule has 0 unspecified atom stereocenters. The minimum atomic E-state index is -0.299. The van der Waals surface area contributed by atoms with Crippen LogP contribution < -0.4 is 14.8 Å². The zero-order valence-electron chi connectivity index (χ0n) is 18.4. The van der Waals surface area contributed by atoms with Gasteiger partial charge in [0, 0.05) is 25.4 Å². The summed E-state index contributed by atoms with van der Waals surface area (Å²) >= 11 is 1.59. The first-order valence-corrected chi connectivity index (χ1v) is 11.0. The summed E-state index contributed by atoms with van der Waals surface area (Å²) in [6, 6.07) is 11.3. The third-order valence-corrected chi connectivity index (χ3v) is 5.82. The molecule has 0 radical (unpaired) electrons. The maximum Gasteiger partial charge on any atom is 0.255 e. The molecule has 0 aliphatic rings. The predicted octanol–water partition coefficient (Wildman–Crippen LogP) is 3.48. The Hall–Kier alpha value is -3.76. The van der Waals surface area contributed by atoms with Gasteiger partial charge in [0.25, 0.3) is 11.9 Å². The number of nitrogens with zero attached hydrogens (tertiary/aromatic N) is 4. The fraction of sp³-hybridized carbons (Fsp3) is 0.217. The van der Waals surface area contributed by atoms with Crippen molar-refractivity contribution in [2.24, 2.45) is 0 Å². The molecule has 0 saturated heterocycles. The first-order chi connectivity index (χ1) is 16.2. The second-order valence-corrected chi connectivity index (χ2v) is 7.85. The molecular formula is C23H23N5O4S. The van der Waals surface area contributed by atoms with E-state index in [1.54, 1.807) is 44.9 Å². The summed E-state index contributed by atoms with van der Waals surface area (Å²) in [5, 5.41) is 9.28. The number of rotatable bonds is 9. The van der Waals surface area contributed by atoms with Crippen LogP contribution in [0.1, 0.15) is 21.6 Å². The van der Waals surface area contributed by atoms with E-state index < -0.39 is 0 Å². The second kappa shape index (κ2) is 10.2. The van der Waals surface area contributed by atoms with Crippen molar-refractivity contribution >= 4 is 17.2 Å². The number of ether oxygens (including phenoxy) is 3. The molecular weight excluding hydrogens is 442 g/mol. The Kier molecular flexibility index (Phi) is 6.96. The van der Waals surface area contributed by atoms with E-state index in [0.29, 0.717) is 28.7 Å². The molecule has 1 amide bonds. The Labute approximate surface area is 195 Å². The molecule has 33 heavy (non-hydrogen) atoms. The summed E-state index contributed by atoms with van der Waals surface area (Å²) in [7, 11) is 4.69. The third kappa shape index (κ3) is 4.71. The molecule has 1 N–H and O–H groups in total. The molecule has 0 aliphatic carbocycles. The van der Waals surface area contributed by atoms with Gasteiger partial charge < -0.3 is 19.5 Å². The Morgan fingerprint density at radius 3 is 2.73 bits per heavy atom. The minimum Gasteiger partial charge on any atom is -0.493 e. The van der Waals surface area contributed by atoms with Gasteiger partial charge in [0.1, 0.15) is 0 Å². The molecule has 0 bridgehead atoms. The van der Waals surface area contributed by atoms with Gasteiger partial charge >= 0.3 is 0 Å². The number of para-hydroxylation sites is 1. The molecule has 0 saturated carbocycles. The van der Waals surface area contributed by atoms with E-state index in [9.17, 15) is 4.79 Å². The van der Waals surface area contributed by atoms with Crippen molar-refractivity contribution in [3.63, 3.8) is 0 Å². The highest BCUT2D eigenvalue weighted by Gasteiger charge is 2.21. The number of thiophene rings is 1. The van der Waals surface area contributed by atoms with Crippen LogP contribution in [-0.4, -0.2) is 47.0 Å². The van der Waals surface area contributed by atoms with Crippen LogP contribution in [0.2, 0.25) is 0 Å². The number of carbonyl (C=O) groups is 1. The van der Waals surface area contributed by atoms with E-state index in [4.69, 9.17) is 14.2 Å². The maximum atomic E-state index is 13.0. The lowest BCUT2D eigenvalue weighted by Gasteiger charge is -2.13. The zero-order chi connectivity index (χ0) is 23.2. The first-order valence-electron chi connectivity index (χ1n) is 10.1. The standard InChI is InChI=1S/C23H23N5O4S/c1-30-14-18-16(22(29)25-12-15-6-4-7-19(31-2)21(15)32-3)13-26-28(18)23-24-10-9-17(27-23)20-8-5-11-33-20/h4-11,13H,12,14H2,1-3H3,(H,25,29). The Morgan fingerprint density at radius 1 is 1.12 bits per heavy atom. The summed E-state index contributed by atoms with van der Waals surface area (Å²) in [5.41, 5.74) is 2.50. The van der Waals surface area contributed by atoms with Gasteiger partial charge in [-0.2, -0.15) is 9.78 Å². The van der Waals surface area contributed by atoms with Gasteiger partial charge in [-0.15, -0.1) is 11.3 Å². The number of methoxy groups -OCH3 is 3. The summed E-state index contributed by atoms with van der Waals surface area (Å²) in [4.78, 5) is 23.0. The molecule has 10 heteroatoms. The van der Waals surface area contributed by atoms with Crippen LogP contribution >= 0.6 is 11.3 Å². The second-order valence-electron chi connectivity index (χ2n) is 6.90. The third-order valence-electron chi connectivity index (χ3n) is 4.92. The van der Waals surface area contributed by atoms with Gasteiger partial charge in [0.2, 0.25) is 0 Å². The fourth-order valence-electron chi connectivity index (χ4n) is 3.39. The van der Waals surface area contributed by atoms with E-state index >= 15 is 0 Å². The summed E-state index contributed by atoms with van der Waals surface area (Å²) < 4.78 is 17.6. The quantitative estimate of drug-likeness (QED) is 0.404. The van der Waals surface area contributed by atoms with Gasteiger partial charge in [0.05, 0.1) is 48.9 Å². The molecule has 0 fully saturated rings. The highest BCUT2D eigenvalue weighted by Crippen LogP contribution is 2.30. The SMILES string of the molecule is COCc1c(C(=O)NCc2cccc(OC)c2OC)cnn1-c1nccc(-c2cccs2)n1. The van der Waals surface area contributed by atoms with Crippen LogP contribution in [-0.2, 0) is 17.9 Å². The van der Waals surface area contributed by atoms with Crippen LogP contribution in [0.3, 0.4) is 0 Å².